The molecule has 2 amide bonds. The van der Waals surface area contributed by atoms with Crippen LogP contribution in [0, 0.1) is 0 Å². The van der Waals surface area contributed by atoms with Crippen LogP contribution < -0.4 is 11.5 Å². The van der Waals surface area contributed by atoms with Gasteiger partial charge in [-0.1, -0.05) is 36.4 Å². The molecule has 4 aromatic rings. The van der Waals surface area contributed by atoms with Gasteiger partial charge in [-0.15, -0.1) is 0 Å². The van der Waals surface area contributed by atoms with Crippen molar-refractivity contribution in [2.24, 2.45) is 21.5 Å². The number of rotatable bonds is 6. The van der Waals surface area contributed by atoms with Crippen molar-refractivity contribution >= 4 is 63.7 Å². The highest BCUT2D eigenvalue weighted by molar-refractivity contribution is 6.83. The Balaban J connectivity index is 1.45. The van der Waals surface area contributed by atoms with Gasteiger partial charge in [0, 0.05) is 46.1 Å². The Morgan fingerprint density at radius 2 is 1.08 bits per heavy atom. The van der Waals surface area contributed by atoms with Crippen molar-refractivity contribution in [1.82, 2.24) is 9.97 Å². The zero-order valence-electron chi connectivity index (χ0n) is 19.9. The van der Waals surface area contributed by atoms with E-state index in [1.54, 1.807) is 24.3 Å². The molecule has 0 bridgehead atoms. The maximum Gasteiger partial charge on any atom is 0.250 e. The number of carbonyl (C=O) groups is 3. The van der Waals surface area contributed by atoms with Crippen molar-refractivity contribution in [1.29, 1.82) is 0 Å². The molecule has 9 nitrogen and oxygen atoms in total. The predicted octanol–water partition coefficient (Wildman–Crippen LogP) is 4.06. The first-order valence-electron chi connectivity index (χ1n) is 11.7. The van der Waals surface area contributed by atoms with Crippen LogP contribution in [-0.2, 0) is 4.79 Å². The molecule has 0 saturated heterocycles. The monoisotopic (exact) mass is 500 g/mol. The van der Waals surface area contributed by atoms with E-state index in [-0.39, 0.29) is 17.2 Å². The summed E-state index contributed by atoms with van der Waals surface area (Å²) in [5, 5.41) is 0. The number of aliphatic imine (C=N–C) groups is 2. The number of hydrogen-bond acceptors (Lipinski definition) is 5. The maximum atomic E-state index is 14.1. The highest BCUT2D eigenvalue weighted by Crippen LogP contribution is 2.40. The molecule has 38 heavy (non-hydrogen) atoms. The molecule has 0 saturated carbocycles. The van der Waals surface area contributed by atoms with Gasteiger partial charge in [-0.05, 0) is 36.4 Å². The number of nitrogens with zero attached hydrogens (tertiary/aromatic N) is 2. The summed E-state index contributed by atoms with van der Waals surface area (Å²) in [6.07, 6.45) is 6.57. The van der Waals surface area contributed by atoms with Crippen LogP contribution in [0.3, 0.4) is 0 Å². The first-order valence-corrected chi connectivity index (χ1v) is 11.7. The lowest BCUT2D eigenvalue weighted by atomic mass is 9.93. The van der Waals surface area contributed by atoms with Gasteiger partial charge in [-0.2, -0.15) is 0 Å². The number of Topliss-reactive ketones (excluding diaryl/α,β-unsaturated/α-hetero) is 1. The summed E-state index contributed by atoms with van der Waals surface area (Å²) in [5.74, 6) is -1.48. The normalized spacial score (nSPS) is 15.8. The van der Waals surface area contributed by atoms with E-state index in [9.17, 15) is 14.4 Å². The topological polar surface area (TPSA) is 160 Å². The van der Waals surface area contributed by atoms with Crippen LogP contribution >= 0.6 is 0 Å². The summed E-state index contributed by atoms with van der Waals surface area (Å²) in [5.41, 5.74) is 17.2. The number of benzene rings is 2. The third-order valence-electron chi connectivity index (χ3n) is 6.37. The number of aromatic amines is 2. The van der Waals surface area contributed by atoms with Crippen LogP contribution in [-0.4, -0.2) is 39.0 Å². The molecule has 0 aliphatic carbocycles. The second-order valence-electron chi connectivity index (χ2n) is 8.82. The van der Waals surface area contributed by atoms with Crippen LogP contribution in [0.1, 0.15) is 43.2 Å². The van der Waals surface area contributed by atoms with Crippen LogP contribution in [0.15, 0.2) is 83.0 Å². The molecule has 2 aliphatic rings. The van der Waals surface area contributed by atoms with Crippen molar-refractivity contribution in [3.05, 3.63) is 107 Å². The number of H-pyrrole nitrogens is 2. The Bertz CT molecular complexity index is 1670. The SMILES string of the molecule is NC(=O)c1c[nH]c(C=C2C(C(=O)C3=Nc4ccccc4C3=Cc3cc(C(N)=O)c[nH]3)=Nc3ccccc32)c1. The van der Waals surface area contributed by atoms with Crippen molar-refractivity contribution in [2.45, 2.75) is 0 Å². The second kappa shape index (κ2) is 8.82. The number of primary amides is 2. The van der Waals surface area contributed by atoms with Gasteiger partial charge in [0.05, 0.1) is 22.5 Å². The van der Waals surface area contributed by atoms with Crippen LogP contribution in [0.2, 0.25) is 0 Å². The third kappa shape index (κ3) is 3.88. The summed E-state index contributed by atoms with van der Waals surface area (Å²) in [4.78, 5) is 52.6. The molecule has 2 aromatic heterocycles. The molecule has 6 N–H and O–H groups in total. The lowest BCUT2D eigenvalue weighted by molar-refractivity contribution is -0.107. The van der Waals surface area contributed by atoms with Crippen molar-refractivity contribution < 1.29 is 14.4 Å². The molecule has 0 unspecified atom stereocenters. The first kappa shape index (κ1) is 22.9. The van der Waals surface area contributed by atoms with E-state index in [2.05, 4.69) is 20.0 Å². The molecule has 2 aromatic carbocycles. The van der Waals surface area contributed by atoms with Gasteiger partial charge in [0.2, 0.25) is 17.6 Å². The lowest BCUT2D eigenvalue weighted by Crippen LogP contribution is -2.23. The molecule has 6 rings (SSSR count). The maximum absolute atomic E-state index is 14.1. The van der Waals surface area contributed by atoms with Crippen molar-refractivity contribution in [3.8, 4) is 0 Å². The summed E-state index contributed by atoms with van der Waals surface area (Å²) >= 11 is 0. The quantitative estimate of drug-likeness (QED) is 0.315. The minimum absolute atomic E-state index is 0.225. The van der Waals surface area contributed by atoms with Gasteiger partial charge in [0.1, 0.15) is 11.4 Å². The van der Waals surface area contributed by atoms with E-state index < -0.39 is 11.8 Å². The highest BCUT2D eigenvalue weighted by atomic mass is 16.1. The molecule has 0 fully saturated rings. The average molecular weight is 501 g/mol. The highest BCUT2D eigenvalue weighted by Gasteiger charge is 2.34. The molecule has 0 spiro atoms. The number of nitrogens with two attached hydrogens (primary N) is 2. The van der Waals surface area contributed by atoms with Crippen molar-refractivity contribution in [2.75, 3.05) is 0 Å². The third-order valence-corrected chi connectivity index (χ3v) is 6.37. The number of hydrogen-bond donors (Lipinski definition) is 4. The number of amides is 2. The molecule has 4 heterocycles. The molecular formula is C29H20N6O3. The predicted molar refractivity (Wildman–Crippen MR) is 146 cm³/mol. The zero-order valence-corrected chi connectivity index (χ0v) is 19.9. The Hall–Kier alpha value is -5.57. The number of aromatic nitrogens is 2. The van der Waals surface area contributed by atoms with Crippen molar-refractivity contribution in [3.63, 3.8) is 0 Å². The van der Waals surface area contributed by atoms with Gasteiger partial charge in [-0.3, -0.25) is 14.4 Å². The minimum atomic E-state index is -0.556. The standard InChI is InChI=1S/C29H20N6O3/c30-28(37)15-9-17(32-13-15)11-21-19-5-1-3-7-23(19)34-25(21)27(36)26-22(20-6-2-4-8-24(20)35-26)12-18-10-16(14-33-18)29(31)38/h1-14,32-33H,(H2,30,37)(H2,31,38). The van der Waals surface area contributed by atoms with E-state index in [1.807, 2.05) is 48.5 Å². The number of para-hydroxylation sites is 2. The lowest BCUT2D eigenvalue weighted by Gasteiger charge is -2.07. The number of allylic oxidation sites excluding steroid dienone is 2. The number of fused-ring (bicyclic) bond motifs is 2. The number of carbonyl (C=O) groups excluding carboxylic acids is 3. The van der Waals surface area contributed by atoms with E-state index in [4.69, 9.17) is 11.5 Å². The summed E-state index contributed by atoms with van der Waals surface area (Å²) in [6, 6.07) is 18.1. The molecule has 0 radical (unpaired) electrons. The summed E-state index contributed by atoms with van der Waals surface area (Å²) in [7, 11) is 0. The van der Waals surface area contributed by atoms with Crippen LogP contribution in [0.4, 0.5) is 11.4 Å². The van der Waals surface area contributed by atoms with Gasteiger partial charge < -0.3 is 21.4 Å². The van der Waals surface area contributed by atoms with E-state index in [0.29, 0.717) is 45.0 Å². The van der Waals surface area contributed by atoms with E-state index >= 15 is 0 Å². The van der Waals surface area contributed by atoms with E-state index in [0.717, 1.165) is 11.1 Å². The Labute approximate surface area is 216 Å². The van der Waals surface area contributed by atoms with Crippen LogP contribution in [0.5, 0.6) is 0 Å². The fourth-order valence-electron chi connectivity index (χ4n) is 4.55. The zero-order chi connectivity index (χ0) is 26.4. The van der Waals surface area contributed by atoms with Gasteiger partial charge >= 0.3 is 0 Å². The molecule has 0 atom stereocenters. The minimum Gasteiger partial charge on any atom is -0.366 e. The van der Waals surface area contributed by atoms with Gasteiger partial charge in [0.25, 0.3) is 0 Å². The second-order valence-corrected chi connectivity index (χ2v) is 8.82. The number of nitrogens with one attached hydrogen (secondary N) is 2. The molecular weight excluding hydrogens is 480 g/mol. The molecule has 2 aliphatic heterocycles. The van der Waals surface area contributed by atoms with Gasteiger partial charge in [-0.25, -0.2) is 9.98 Å². The smallest absolute Gasteiger partial charge is 0.250 e. The Kier molecular flexibility index (Phi) is 5.31. The Morgan fingerprint density at radius 3 is 1.47 bits per heavy atom. The largest absolute Gasteiger partial charge is 0.366 e. The van der Waals surface area contributed by atoms with E-state index in [1.165, 1.54) is 12.4 Å². The molecule has 9 heteroatoms. The summed E-state index contributed by atoms with van der Waals surface area (Å²) < 4.78 is 0. The first-order chi connectivity index (χ1) is 18.4. The molecule has 184 valence electrons. The number of ketones is 1. The van der Waals surface area contributed by atoms with Gasteiger partial charge in [0.15, 0.2) is 0 Å². The average Bonchev–Trinajstić information content (AvgIpc) is 3.70. The Morgan fingerprint density at radius 1 is 0.658 bits per heavy atom. The summed E-state index contributed by atoms with van der Waals surface area (Å²) in [6.45, 7) is 0. The fourth-order valence-corrected chi connectivity index (χ4v) is 4.55. The fraction of sp³-hybridized carbons (Fsp3) is 0. The van der Waals surface area contributed by atoms with Crippen LogP contribution in [0.25, 0.3) is 23.3 Å².